The average molecular weight is 186 g/mol. The lowest BCUT2D eigenvalue weighted by molar-refractivity contribution is 0.752. The molecule has 0 spiro atoms. The number of rotatable bonds is 3. The van der Waals surface area contributed by atoms with E-state index in [1.165, 1.54) is 0 Å². The maximum Gasteiger partial charge on any atom is 0.222 e. The van der Waals surface area contributed by atoms with Gasteiger partial charge in [-0.05, 0) is 13.3 Å². The molecule has 1 unspecified atom stereocenters. The highest BCUT2D eigenvalue weighted by Crippen LogP contribution is 2.06. The molecule has 12 heavy (non-hydrogen) atoms. The van der Waals surface area contributed by atoms with Crippen LogP contribution in [0.2, 0.25) is 5.02 Å². The molecule has 4 heteroatoms. The molecule has 0 aliphatic heterocycles. The first-order chi connectivity index (χ1) is 5.72. The fraction of sp³-hybridized carbons (Fsp3) is 0.500. The van der Waals surface area contributed by atoms with Crippen LogP contribution in [-0.2, 0) is 0 Å². The molecule has 0 aliphatic carbocycles. The van der Waals surface area contributed by atoms with E-state index in [1.807, 2.05) is 0 Å². The predicted octanol–water partition coefficient (Wildman–Crippen LogP) is 2.34. The molecule has 0 aliphatic rings. The summed E-state index contributed by atoms with van der Waals surface area (Å²) < 4.78 is 0. The molecule has 66 valence electrons. The van der Waals surface area contributed by atoms with Crippen molar-refractivity contribution in [3.63, 3.8) is 0 Å². The van der Waals surface area contributed by atoms with Crippen molar-refractivity contribution in [1.82, 2.24) is 9.97 Å². The monoisotopic (exact) mass is 185 g/mol. The molecule has 1 heterocycles. The van der Waals surface area contributed by atoms with Crippen molar-refractivity contribution in [2.24, 2.45) is 0 Å². The Kier molecular flexibility index (Phi) is 3.29. The maximum absolute atomic E-state index is 5.63. The third-order valence-corrected chi connectivity index (χ3v) is 1.80. The second-order valence-electron chi connectivity index (χ2n) is 2.68. The van der Waals surface area contributed by atoms with Crippen molar-refractivity contribution in [3.05, 3.63) is 17.4 Å². The zero-order valence-corrected chi connectivity index (χ0v) is 7.97. The zero-order valence-electron chi connectivity index (χ0n) is 7.21. The maximum atomic E-state index is 5.63. The van der Waals surface area contributed by atoms with Gasteiger partial charge in [-0.25, -0.2) is 9.97 Å². The van der Waals surface area contributed by atoms with E-state index in [1.54, 1.807) is 12.4 Å². The first-order valence-corrected chi connectivity index (χ1v) is 4.34. The number of anilines is 1. The normalized spacial score (nSPS) is 12.6. The van der Waals surface area contributed by atoms with Crippen LogP contribution in [0, 0.1) is 0 Å². The molecule has 1 rings (SSSR count). The van der Waals surface area contributed by atoms with E-state index in [2.05, 4.69) is 29.1 Å². The van der Waals surface area contributed by atoms with E-state index >= 15 is 0 Å². The molecule has 0 saturated carbocycles. The van der Waals surface area contributed by atoms with Crippen molar-refractivity contribution >= 4 is 17.5 Å². The Morgan fingerprint density at radius 1 is 1.50 bits per heavy atom. The highest BCUT2D eigenvalue weighted by Gasteiger charge is 1.99. The molecular weight excluding hydrogens is 174 g/mol. The first-order valence-electron chi connectivity index (χ1n) is 3.96. The molecule has 1 aromatic rings. The van der Waals surface area contributed by atoms with E-state index in [-0.39, 0.29) is 0 Å². The van der Waals surface area contributed by atoms with Gasteiger partial charge >= 0.3 is 0 Å². The SMILES string of the molecule is CCC(C)Nc1ncc(Cl)cn1. The van der Waals surface area contributed by atoms with Crippen LogP contribution < -0.4 is 5.32 Å². The van der Waals surface area contributed by atoms with Gasteiger partial charge in [0.05, 0.1) is 17.4 Å². The Morgan fingerprint density at radius 2 is 2.08 bits per heavy atom. The molecule has 0 fully saturated rings. The van der Waals surface area contributed by atoms with Gasteiger partial charge in [0.15, 0.2) is 0 Å². The first kappa shape index (κ1) is 9.26. The number of nitrogens with zero attached hydrogens (tertiary/aromatic N) is 2. The van der Waals surface area contributed by atoms with Crippen molar-refractivity contribution in [2.75, 3.05) is 5.32 Å². The minimum atomic E-state index is 0.395. The molecule has 1 atom stereocenters. The lowest BCUT2D eigenvalue weighted by Crippen LogP contribution is -2.15. The second kappa shape index (κ2) is 4.26. The second-order valence-corrected chi connectivity index (χ2v) is 3.11. The quantitative estimate of drug-likeness (QED) is 0.786. The van der Waals surface area contributed by atoms with Crippen LogP contribution in [0.4, 0.5) is 5.95 Å². The Balaban J connectivity index is 2.58. The summed E-state index contributed by atoms with van der Waals surface area (Å²) in [7, 11) is 0. The Bertz CT molecular complexity index is 235. The summed E-state index contributed by atoms with van der Waals surface area (Å²) >= 11 is 5.63. The molecule has 0 saturated heterocycles. The number of hydrogen-bond acceptors (Lipinski definition) is 3. The highest BCUT2D eigenvalue weighted by atomic mass is 35.5. The molecule has 0 radical (unpaired) electrons. The molecule has 0 amide bonds. The Hall–Kier alpha value is -0.830. The predicted molar refractivity (Wildman–Crippen MR) is 50.4 cm³/mol. The fourth-order valence-electron chi connectivity index (χ4n) is 0.709. The van der Waals surface area contributed by atoms with Crippen molar-refractivity contribution in [2.45, 2.75) is 26.3 Å². The highest BCUT2D eigenvalue weighted by molar-refractivity contribution is 6.30. The van der Waals surface area contributed by atoms with Gasteiger partial charge in [0.2, 0.25) is 5.95 Å². The van der Waals surface area contributed by atoms with Crippen LogP contribution in [-0.4, -0.2) is 16.0 Å². The number of aromatic nitrogens is 2. The molecule has 0 bridgehead atoms. The number of hydrogen-bond donors (Lipinski definition) is 1. The third-order valence-electron chi connectivity index (χ3n) is 1.61. The van der Waals surface area contributed by atoms with E-state index in [0.29, 0.717) is 17.0 Å². The van der Waals surface area contributed by atoms with Gasteiger partial charge in [-0.1, -0.05) is 18.5 Å². The topological polar surface area (TPSA) is 37.8 Å². The van der Waals surface area contributed by atoms with E-state index in [9.17, 15) is 0 Å². The van der Waals surface area contributed by atoms with Gasteiger partial charge in [0.25, 0.3) is 0 Å². The van der Waals surface area contributed by atoms with Crippen molar-refractivity contribution in [3.8, 4) is 0 Å². The van der Waals surface area contributed by atoms with Crippen LogP contribution in [0.5, 0.6) is 0 Å². The van der Waals surface area contributed by atoms with Crippen LogP contribution >= 0.6 is 11.6 Å². The van der Waals surface area contributed by atoms with Crippen molar-refractivity contribution < 1.29 is 0 Å². The van der Waals surface area contributed by atoms with Crippen LogP contribution in [0.3, 0.4) is 0 Å². The molecule has 0 aromatic carbocycles. The number of halogens is 1. The van der Waals surface area contributed by atoms with Gasteiger partial charge in [0, 0.05) is 6.04 Å². The minimum absolute atomic E-state index is 0.395. The third kappa shape index (κ3) is 2.66. The van der Waals surface area contributed by atoms with Gasteiger partial charge in [0.1, 0.15) is 0 Å². The number of nitrogens with one attached hydrogen (secondary N) is 1. The van der Waals surface area contributed by atoms with Gasteiger partial charge in [-0.3, -0.25) is 0 Å². The summed E-state index contributed by atoms with van der Waals surface area (Å²) in [4.78, 5) is 8.02. The largest absolute Gasteiger partial charge is 0.352 e. The summed E-state index contributed by atoms with van der Waals surface area (Å²) in [5.74, 6) is 0.633. The lowest BCUT2D eigenvalue weighted by Gasteiger charge is -2.09. The van der Waals surface area contributed by atoms with Crippen LogP contribution in [0.15, 0.2) is 12.4 Å². The van der Waals surface area contributed by atoms with E-state index < -0.39 is 0 Å². The summed E-state index contributed by atoms with van der Waals surface area (Å²) in [6, 6.07) is 0.395. The Morgan fingerprint density at radius 3 is 2.58 bits per heavy atom. The smallest absolute Gasteiger partial charge is 0.222 e. The van der Waals surface area contributed by atoms with E-state index in [0.717, 1.165) is 6.42 Å². The lowest BCUT2D eigenvalue weighted by atomic mass is 10.3. The minimum Gasteiger partial charge on any atom is -0.352 e. The molecule has 1 aromatic heterocycles. The molecular formula is C8H12ClN3. The van der Waals surface area contributed by atoms with Crippen LogP contribution in [0.25, 0.3) is 0 Å². The standard InChI is InChI=1S/C8H12ClN3/c1-3-6(2)12-8-10-4-7(9)5-11-8/h4-6H,3H2,1-2H3,(H,10,11,12). The summed E-state index contributed by atoms with van der Waals surface area (Å²) in [6.45, 7) is 4.19. The fourth-order valence-corrected chi connectivity index (χ4v) is 0.807. The zero-order chi connectivity index (χ0) is 8.97. The van der Waals surface area contributed by atoms with E-state index in [4.69, 9.17) is 11.6 Å². The Labute approximate surface area is 77.2 Å². The van der Waals surface area contributed by atoms with Gasteiger partial charge in [-0.2, -0.15) is 0 Å². The summed E-state index contributed by atoms with van der Waals surface area (Å²) in [5.41, 5.74) is 0. The average Bonchev–Trinajstić information content (AvgIpc) is 2.09. The van der Waals surface area contributed by atoms with Gasteiger partial charge < -0.3 is 5.32 Å². The summed E-state index contributed by atoms with van der Waals surface area (Å²) in [6.07, 6.45) is 4.21. The van der Waals surface area contributed by atoms with Crippen LogP contribution in [0.1, 0.15) is 20.3 Å². The molecule has 1 N–H and O–H groups in total. The molecule has 3 nitrogen and oxygen atoms in total. The van der Waals surface area contributed by atoms with Crippen molar-refractivity contribution in [1.29, 1.82) is 0 Å². The summed E-state index contributed by atoms with van der Waals surface area (Å²) in [5, 5.41) is 3.70. The van der Waals surface area contributed by atoms with Gasteiger partial charge in [-0.15, -0.1) is 0 Å².